The first-order chi connectivity index (χ1) is 26.8. The molecule has 5 aromatic rings. The molecule has 286 valence electrons. The first-order valence-electron chi connectivity index (χ1n) is 18.9. The number of aromatic nitrogens is 1. The number of rotatable bonds is 12. The average molecular weight is 746 g/mol. The lowest BCUT2D eigenvalue weighted by atomic mass is 9.97. The number of benzene rings is 4. The molecule has 0 bridgehead atoms. The van der Waals surface area contributed by atoms with Gasteiger partial charge in [0, 0.05) is 74.3 Å². The normalized spacial score (nSPS) is 15.3. The number of amides is 2. The Bertz CT molecular complexity index is 2200. The summed E-state index contributed by atoms with van der Waals surface area (Å²) in [5, 5.41) is 28.0. The number of carbonyl (C=O) groups excluding carboxylic acids is 2. The Kier molecular flexibility index (Phi) is 11.8. The minimum absolute atomic E-state index is 0.0571. The van der Waals surface area contributed by atoms with Gasteiger partial charge in [-0.25, -0.2) is 4.79 Å². The molecule has 0 radical (unpaired) electrons. The zero-order chi connectivity index (χ0) is 38.3. The van der Waals surface area contributed by atoms with E-state index in [-0.39, 0.29) is 35.4 Å². The zero-order valence-electron chi connectivity index (χ0n) is 30.9. The quantitative estimate of drug-likeness (QED) is 0.102. The number of piperidine rings is 1. The third kappa shape index (κ3) is 8.83. The molecule has 0 spiro atoms. The number of aliphatic hydroxyl groups excluding tert-OH is 1. The molecule has 55 heavy (non-hydrogen) atoms. The number of fused-ring (bicyclic) bond motifs is 2. The minimum atomic E-state index is -0.892. The molecule has 1 fully saturated rings. The van der Waals surface area contributed by atoms with Crippen molar-refractivity contribution < 1.29 is 29.3 Å². The molecule has 0 unspecified atom stereocenters. The summed E-state index contributed by atoms with van der Waals surface area (Å²) < 4.78 is 11.6. The van der Waals surface area contributed by atoms with Gasteiger partial charge in [-0.15, -0.1) is 0 Å². The van der Waals surface area contributed by atoms with Crippen molar-refractivity contribution >= 4 is 34.3 Å². The molecule has 1 aromatic heterocycles. The van der Waals surface area contributed by atoms with Crippen LogP contribution >= 0.6 is 0 Å². The number of H-pyrrole nitrogens is 1. The third-order valence-corrected chi connectivity index (χ3v) is 10.5. The number of aryl methyl sites for hydroxylation is 1. The van der Waals surface area contributed by atoms with Gasteiger partial charge in [0.05, 0.1) is 30.1 Å². The number of methoxy groups -OCH3 is 1. The van der Waals surface area contributed by atoms with Crippen LogP contribution < -0.4 is 25.8 Å². The Morgan fingerprint density at radius 3 is 2.55 bits per heavy atom. The molecule has 2 aliphatic rings. The van der Waals surface area contributed by atoms with Crippen LogP contribution in [0.1, 0.15) is 48.5 Å². The molecule has 3 heterocycles. The number of aliphatic hydroxyl groups is 1. The Balaban J connectivity index is 0.895. The van der Waals surface area contributed by atoms with E-state index in [1.807, 2.05) is 65.6 Å². The summed E-state index contributed by atoms with van der Waals surface area (Å²) >= 11 is 0. The topological polar surface area (TPSA) is 156 Å². The second kappa shape index (κ2) is 17.2. The van der Waals surface area contributed by atoms with Gasteiger partial charge in [0.15, 0.2) is 0 Å². The molecule has 5 N–H and O–H groups in total. The van der Waals surface area contributed by atoms with E-state index >= 15 is 0 Å². The van der Waals surface area contributed by atoms with E-state index in [0.29, 0.717) is 61.3 Å². The van der Waals surface area contributed by atoms with Crippen LogP contribution in [0.25, 0.3) is 22.0 Å². The van der Waals surface area contributed by atoms with Gasteiger partial charge < -0.3 is 39.8 Å². The van der Waals surface area contributed by atoms with Crippen molar-refractivity contribution in [2.75, 3.05) is 50.1 Å². The Hall–Kier alpha value is -5.69. The van der Waals surface area contributed by atoms with E-state index in [1.54, 1.807) is 19.2 Å². The van der Waals surface area contributed by atoms with Crippen molar-refractivity contribution in [1.29, 1.82) is 0 Å². The predicted molar refractivity (Wildman–Crippen MR) is 213 cm³/mol. The number of pyridine rings is 1. The van der Waals surface area contributed by atoms with Crippen LogP contribution in [0.5, 0.6) is 11.5 Å². The number of carbonyl (C=O) groups is 2. The van der Waals surface area contributed by atoms with Crippen molar-refractivity contribution in [1.82, 2.24) is 15.2 Å². The number of hydrogen-bond donors (Lipinski definition) is 5. The average Bonchev–Trinajstić information content (AvgIpc) is 3.20. The fourth-order valence-electron chi connectivity index (χ4n) is 7.65. The molecule has 2 aliphatic heterocycles. The third-order valence-electron chi connectivity index (χ3n) is 10.5. The Labute approximate surface area is 319 Å². The second-order valence-electron chi connectivity index (χ2n) is 14.1. The van der Waals surface area contributed by atoms with Gasteiger partial charge >= 0.3 is 6.09 Å². The summed E-state index contributed by atoms with van der Waals surface area (Å²) in [7, 11) is 1.61. The van der Waals surface area contributed by atoms with Crippen LogP contribution in [-0.4, -0.2) is 78.0 Å². The summed E-state index contributed by atoms with van der Waals surface area (Å²) in [6.45, 7) is 3.40. The van der Waals surface area contributed by atoms with Crippen molar-refractivity contribution in [2.45, 2.75) is 50.9 Å². The molecule has 1 saturated heterocycles. The molecule has 2 amide bonds. The standard InChI is InChI=1S/C43H47N5O7/c1-54-39-25-36-29(24-30(39)26-44-27-38(50)33-13-15-37(49)42-34(33)14-16-40(51)46-42)10-7-20-48(36)41(52)19-23-47-21-17-31(18-22-47)55-43(53)45-35-12-6-5-11-32(35)28-8-3-2-4-9-28/h2-6,8-9,11-16,24-25,31,38,44,49-50H,7,10,17-23,26-27H2,1H3,(H,45,53)(H,46,51)/t38-/m0/s1. The second-order valence-corrected chi connectivity index (χ2v) is 14.1. The van der Waals surface area contributed by atoms with E-state index in [1.165, 1.54) is 12.1 Å². The number of hydrogen-bond acceptors (Lipinski definition) is 9. The highest BCUT2D eigenvalue weighted by Gasteiger charge is 2.27. The van der Waals surface area contributed by atoms with E-state index in [9.17, 15) is 24.6 Å². The highest BCUT2D eigenvalue weighted by molar-refractivity contribution is 5.95. The van der Waals surface area contributed by atoms with E-state index in [2.05, 4.69) is 26.6 Å². The van der Waals surface area contributed by atoms with E-state index in [0.717, 1.165) is 53.9 Å². The van der Waals surface area contributed by atoms with Crippen LogP contribution in [0.4, 0.5) is 16.2 Å². The summed E-state index contributed by atoms with van der Waals surface area (Å²) in [6, 6.07) is 27.7. The number of para-hydroxylation sites is 1. The molecule has 12 nitrogen and oxygen atoms in total. The van der Waals surface area contributed by atoms with Gasteiger partial charge in [-0.3, -0.25) is 14.9 Å². The lowest BCUT2D eigenvalue weighted by molar-refractivity contribution is -0.119. The molecule has 0 saturated carbocycles. The van der Waals surface area contributed by atoms with Gasteiger partial charge in [0.25, 0.3) is 0 Å². The van der Waals surface area contributed by atoms with Gasteiger partial charge in [0.1, 0.15) is 17.6 Å². The molecular formula is C43H47N5O7. The van der Waals surface area contributed by atoms with Gasteiger partial charge in [-0.2, -0.15) is 0 Å². The maximum atomic E-state index is 13.6. The fourth-order valence-corrected chi connectivity index (χ4v) is 7.65. The lowest BCUT2D eigenvalue weighted by Crippen LogP contribution is -2.41. The molecular weight excluding hydrogens is 699 g/mol. The molecule has 7 rings (SSSR count). The predicted octanol–water partition coefficient (Wildman–Crippen LogP) is 6.11. The first kappa shape index (κ1) is 37.6. The SMILES string of the molecule is COc1cc2c(cc1CNC[C@H](O)c1ccc(O)c3[nH]c(=O)ccc13)CCCN2C(=O)CCN1CCC(OC(=O)Nc2ccccc2-c2ccccc2)CC1. The fraction of sp³-hybridized carbons (Fsp3) is 0.326. The van der Waals surface area contributed by atoms with Crippen molar-refractivity contribution in [2.24, 2.45) is 0 Å². The van der Waals surface area contributed by atoms with Crippen LogP contribution in [0.3, 0.4) is 0 Å². The Morgan fingerprint density at radius 2 is 1.75 bits per heavy atom. The number of ether oxygens (including phenoxy) is 2. The number of aromatic amines is 1. The largest absolute Gasteiger partial charge is 0.506 e. The summed E-state index contributed by atoms with van der Waals surface area (Å²) in [5.41, 5.74) is 6.06. The number of anilines is 2. The van der Waals surface area contributed by atoms with Crippen molar-refractivity contribution in [3.63, 3.8) is 0 Å². The van der Waals surface area contributed by atoms with Crippen molar-refractivity contribution in [3.05, 3.63) is 118 Å². The number of likely N-dealkylation sites (tertiary alicyclic amines) is 1. The van der Waals surface area contributed by atoms with Gasteiger partial charge in [0.2, 0.25) is 11.5 Å². The van der Waals surface area contributed by atoms with Crippen LogP contribution in [0.15, 0.2) is 95.8 Å². The summed E-state index contributed by atoms with van der Waals surface area (Å²) in [4.78, 5) is 45.0. The Morgan fingerprint density at radius 1 is 0.964 bits per heavy atom. The molecule has 1 atom stereocenters. The van der Waals surface area contributed by atoms with E-state index < -0.39 is 12.2 Å². The minimum Gasteiger partial charge on any atom is -0.506 e. The molecule has 4 aromatic carbocycles. The highest BCUT2D eigenvalue weighted by Crippen LogP contribution is 2.35. The monoisotopic (exact) mass is 745 g/mol. The van der Waals surface area contributed by atoms with Crippen LogP contribution in [-0.2, 0) is 22.5 Å². The number of nitrogens with one attached hydrogen (secondary N) is 3. The van der Waals surface area contributed by atoms with Gasteiger partial charge in [-0.1, -0.05) is 54.6 Å². The number of aromatic hydroxyl groups is 1. The van der Waals surface area contributed by atoms with Gasteiger partial charge in [-0.05, 0) is 66.6 Å². The number of phenols is 1. The van der Waals surface area contributed by atoms with E-state index in [4.69, 9.17) is 9.47 Å². The smallest absolute Gasteiger partial charge is 0.411 e. The summed E-state index contributed by atoms with van der Waals surface area (Å²) in [6.07, 6.45) is 1.93. The van der Waals surface area contributed by atoms with Crippen LogP contribution in [0, 0.1) is 0 Å². The van der Waals surface area contributed by atoms with Crippen molar-refractivity contribution in [3.8, 4) is 22.6 Å². The maximum absolute atomic E-state index is 13.6. The molecule has 12 heteroatoms. The molecule has 0 aliphatic carbocycles. The van der Waals surface area contributed by atoms with Crippen LogP contribution in [0.2, 0.25) is 0 Å². The highest BCUT2D eigenvalue weighted by atomic mass is 16.6. The number of phenolic OH excluding ortho intramolecular Hbond substituents is 1. The lowest BCUT2D eigenvalue weighted by Gasteiger charge is -2.33. The number of nitrogens with zero attached hydrogens (tertiary/aromatic N) is 2. The maximum Gasteiger partial charge on any atom is 0.411 e. The first-order valence-corrected chi connectivity index (χ1v) is 18.9. The zero-order valence-corrected chi connectivity index (χ0v) is 30.9. The summed E-state index contributed by atoms with van der Waals surface area (Å²) in [5.74, 6) is 0.662.